The van der Waals surface area contributed by atoms with Crippen LogP contribution in [0.1, 0.15) is 104 Å². The molecule has 3 aromatic carbocycles. The topological polar surface area (TPSA) is 47.1 Å². The fraction of sp³-hybridized carbons (Fsp3) is 0.462. The quantitative estimate of drug-likeness (QED) is 0.0949. The molecule has 0 aliphatic rings. The highest BCUT2D eigenvalue weighted by Crippen LogP contribution is 2.37. The lowest BCUT2D eigenvalue weighted by molar-refractivity contribution is 0.304. The molecule has 5 heteroatoms. The molecule has 1 aromatic heterocycles. The molecule has 0 fully saturated rings. The summed E-state index contributed by atoms with van der Waals surface area (Å²) >= 11 is 6.60. The third-order valence-electron chi connectivity index (χ3n) is 8.10. The molecule has 0 atom stereocenters. The monoisotopic (exact) mass is 614 g/mol. The van der Waals surface area contributed by atoms with Crippen molar-refractivity contribution in [3.05, 3.63) is 77.8 Å². The number of benzene rings is 3. The Morgan fingerprint density at radius 1 is 0.591 bits per heavy atom. The molecule has 0 spiro atoms. The zero-order valence-corrected chi connectivity index (χ0v) is 27.6. The van der Waals surface area contributed by atoms with Crippen LogP contribution < -0.4 is 9.47 Å². The van der Waals surface area contributed by atoms with E-state index in [0.717, 1.165) is 71.5 Å². The second kappa shape index (κ2) is 19.2. The van der Waals surface area contributed by atoms with Gasteiger partial charge in [-0.3, -0.25) is 0 Å². The molecule has 1 heterocycles. The minimum Gasteiger partial charge on any atom is -0.494 e. The number of hydrogen-bond acceptors (Lipinski definition) is 3. The Labute approximate surface area is 270 Å². The van der Waals surface area contributed by atoms with E-state index in [1.54, 1.807) is 0 Å². The number of rotatable bonds is 21. The van der Waals surface area contributed by atoms with E-state index in [0.29, 0.717) is 5.02 Å². The van der Waals surface area contributed by atoms with Gasteiger partial charge in [-0.25, -0.2) is 4.98 Å². The van der Waals surface area contributed by atoms with E-state index in [2.05, 4.69) is 49.2 Å². The Morgan fingerprint density at radius 3 is 1.70 bits per heavy atom. The molecular weight excluding hydrogens is 564 g/mol. The SMILES string of the molecule is CCCCCCCCCOc1cccc(-c2nc(-c3ccccc3Cl)[nH]c2-c2cccc(OCCCCCCCCC)c2)c1. The van der Waals surface area contributed by atoms with Crippen LogP contribution in [0.4, 0.5) is 0 Å². The van der Waals surface area contributed by atoms with Crippen molar-refractivity contribution in [2.24, 2.45) is 0 Å². The summed E-state index contributed by atoms with van der Waals surface area (Å²) in [7, 11) is 0. The van der Waals surface area contributed by atoms with Crippen LogP contribution >= 0.6 is 11.6 Å². The Kier molecular flexibility index (Phi) is 14.7. The first-order chi connectivity index (χ1) is 21.7. The molecule has 0 saturated heterocycles. The third-order valence-corrected chi connectivity index (χ3v) is 8.43. The van der Waals surface area contributed by atoms with Gasteiger partial charge in [-0.1, -0.05) is 139 Å². The van der Waals surface area contributed by atoms with Gasteiger partial charge in [0.05, 0.1) is 29.6 Å². The Balaban J connectivity index is 1.47. The number of H-pyrrole nitrogens is 1. The first-order valence-corrected chi connectivity index (χ1v) is 17.4. The van der Waals surface area contributed by atoms with Crippen LogP contribution in [0.15, 0.2) is 72.8 Å². The molecule has 0 saturated carbocycles. The van der Waals surface area contributed by atoms with E-state index in [1.807, 2.05) is 42.5 Å². The summed E-state index contributed by atoms with van der Waals surface area (Å²) in [4.78, 5) is 8.67. The first kappa shape index (κ1) is 33.6. The molecule has 0 aliphatic carbocycles. The number of aromatic nitrogens is 2. The van der Waals surface area contributed by atoms with Gasteiger partial charge in [-0.05, 0) is 49.2 Å². The van der Waals surface area contributed by atoms with Gasteiger partial charge >= 0.3 is 0 Å². The zero-order chi connectivity index (χ0) is 30.8. The first-order valence-electron chi connectivity index (χ1n) is 17.0. The molecule has 1 N–H and O–H groups in total. The van der Waals surface area contributed by atoms with Crippen molar-refractivity contribution < 1.29 is 9.47 Å². The number of aromatic amines is 1. The minimum absolute atomic E-state index is 0.665. The van der Waals surface area contributed by atoms with Crippen molar-refractivity contribution in [2.75, 3.05) is 13.2 Å². The molecule has 4 rings (SSSR count). The van der Waals surface area contributed by atoms with Crippen LogP contribution in [0.5, 0.6) is 11.5 Å². The van der Waals surface area contributed by atoms with Crippen molar-refractivity contribution in [3.8, 4) is 45.4 Å². The fourth-order valence-corrected chi connectivity index (χ4v) is 5.77. The molecule has 4 aromatic rings. The Hall–Kier alpha value is -3.24. The molecule has 44 heavy (non-hydrogen) atoms. The molecule has 0 aliphatic heterocycles. The van der Waals surface area contributed by atoms with Crippen LogP contribution in [-0.2, 0) is 0 Å². The van der Waals surface area contributed by atoms with Gasteiger partial charge in [0, 0.05) is 16.7 Å². The molecule has 4 nitrogen and oxygen atoms in total. The normalized spacial score (nSPS) is 11.2. The lowest BCUT2D eigenvalue weighted by Gasteiger charge is -2.10. The maximum Gasteiger partial charge on any atom is 0.140 e. The number of unbranched alkanes of at least 4 members (excludes halogenated alkanes) is 12. The van der Waals surface area contributed by atoms with E-state index < -0.39 is 0 Å². The lowest BCUT2D eigenvalue weighted by atomic mass is 10.0. The second-order valence-corrected chi connectivity index (χ2v) is 12.2. The third kappa shape index (κ3) is 10.7. The Morgan fingerprint density at radius 2 is 1.11 bits per heavy atom. The van der Waals surface area contributed by atoms with Gasteiger partial charge in [-0.2, -0.15) is 0 Å². The average molecular weight is 615 g/mol. The molecular formula is C39H51ClN2O2. The predicted octanol–water partition coefficient (Wildman–Crippen LogP) is 12.3. The van der Waals surface area contributed by atoms with E-state index in [9.17, 15) is 0 Å². The van der Waals surface area contributed by atoms with Gasteiger partial charge in [0.15, 0.2) is 0 Å². The van der Waals surface area contributed by atoms with E-state index >= 15 is 0 Å². The number of ether oxygens (including phenoxy) is 2. The highest BCUT2D eigenvalue weighted by molar-refractivity contribution is 6.33. The molecule has 0 bridgehead atoms. The van der Waals surface area contributed by atoms with Crippen LogP contribution in [0.2, 0.25) is 5.02 Å². The Bertz CT molecular complexity index is 1300. The summed E-state index contributed by atoms with van der Waals surface area (Å²) in [5.41, 5.74) is 4.70. The van der Waals surface area contributed by atoms with Crippen LogP contribution in [0.3, 0.4) is 0 Å². The van der Waals surface area contributed by atoms with E-state index in [-0.39, 0.29) is 0 Å². The number of hydrogen-bond donors (Lipinski definition) is 1. The molecule has 0 amide bonds. The molecule has 236 valence electrons. The summed E-state index contributed by atoms with van der Waals surface area (Å²) in [6.07, 6.45) is 17.7. The lowest BCUT2D eigenvalue weighted by Crippen LogP contribution is -1.98. The number of halogens is 1. The molecule has 0 radical (unpaired) electrons. The summed E-state index contributed by atoms with van der Waals surface area (Å²) in [5.74, 6) is 2.48. The van der Waals surface area contributed by atoms with Crippen molar-refractivity contribution >= 4 is 11.6 Å². The van der Waals surface area contributed by atoms with E-state index in [1.165, 1.54) is 77.0 Å². The maximum atomic E-state index is 6.60. The molecule has 0 unspecified atom stereocenters. The van der Waals surface area contributed by atoms with E-state index in [4.69, 9.17) is 26.1 Å². The van der Waals surface area contributed by atoms with Crippen LogP contribution in [0.25, 0.3) is 33.9 Å². The second-order valence-electron chi connectivity index (χ2n) is 11.8. The predicted molar refractivity (Wildman–Crippen MR) is 187 cm³/mol. The zero-order valence-electron chi connectivity index (χ0n) is 26.9. The minimum atomic E-state index is 0.665. The average Bonchev–Trinajstić information content (AvgIpc) is 3.50. The number of imidazole rings is 1. The largest absolute Gasteiger partial charge is 0.494 e. The van der Waals surface area contributed by atoms with Gasteiger partial charge in [0.2, 0.25) is 0 Å². The smallest absolute Gasteiger partial charge is 0.140 e. The van der Waals surface area contributed by atoms with Gasteiger partial charge in [0.25, 0.3) is 0 Å². The van der Waals surface area contributed by atoms with Gasteiger partial charge in [0.1, 0.15) is 17.3 Å². The number of nitrogens with zero attached hydrogens (tertiary/aromatic N) is 1. The highest BCUT2D eigenvalue weighted by Gasteiger charge is 2.18. The standard InChI is InChI=1S/C39H51ClN2O2/c1-3-5-7-9-11-13-17-27-43-33-23-19-21-31(29-33)37-38(42-39(41-37)35-25-15-16-26-36(35)40)32-22-20-24-34(30-32)44-28-18-14-12-10-8-6-4-2/h15-16,19-26,29-30H,3-14,17-18,27-28H2,1-2H3,(H,41,42). The van der Waals surface area contributed by atoms with Crippen LogP contribution in [-0.4, -0.2) is 23.2 Å². The number of nitrogens with one attached hydrogen (secondary N) is 1. The van der Waals surface area contributed by atoms with Gasteiger partial charge < -0.3 is 14.5 Å². The highest BCUT2D eigenvalue weighted by atomic mass is 35.5. The summed E-state index contributed by atoms with van der Waals surface area (Å²) < 4.78 is 12.4. The summed E-state index contributed by atoms with van der Waals surface area (Å²) in [6, 6.07) is 24.4. The fourth-order valence-electron chi connectivity index (χ4n) is 5.54. The summed E-state index contributed by atoms with van der Waals surface area (Å²) in [5, 5.41) is 0.665. The van der Waals surface area contributed by atoms with Crippen molar-refractivity contribution in [1.82, 2.24) is 9.97 Å². The van der Waals surface area contributed by atoms with Crippen molar-refractivity contribution in [1.29, 1.82) is 0 Å². The van der Waals surface area contributed by atoms with Crippen molar-refractivity contribution in [3.63, 3.8) is 0 Å². The van der Waals surface area contributed by atoms with Gasteiger partial charge in [-0.15, -0.1) is 0 Å². The maximum absolute atomic E-state index is 6.60. The van der Waals surface area contributed by atoms with Crippen molar-refractivity contribution in [2.45, 2.75) is 104 Å². The summed E-state index contributed by atoms with van der Waals surface area (Å²) in [6.45, 7) is 5.98. The van der Waals surface area contributed by atoms with Crippen LogP contribution in [0, 0.1) is 0 Å².